The summed E-state index contributed by atoms with van der Waals surface area (Å²) < 4.78 is 31.1. The zero-order valence-corrected chi connectivity index (χ0v) is 11.3. The number of carbonyl (C=O) groups excluding carboxylic acids is 1. The number of amides is 1. The Morgan fingerprint density at radius 3 is 2.85 bits per heavy atom. The highest BCUT2D eigenvalue weighted by molar-refractivity contribution is 6.31. The molecule has 0 aliphatic heterocycles. The number of aryl methyl sites for hydroxylation is 1. The molecule has 0 aliphatic carbocycles. The SMILES string of the molecule is Cc1c(C(=O)NCC(F)(F)CO)oc2ccc(Cl)cc12. The molecule has 7 heteroatoms. The number of carbonyl (C=O) groups is 1. The lowest BCUT2D eigenvalue weighted by Crippen LogP contribution is -2.39. The van der Waals surface area contributed by atoms with Gasteiger partial charge in [-0.3, -0.25) is 4.79 Å². The van der Waals surface area contributed by atoms with Gasteiger partial charge in [-0.1, -0.05) is 11.6 Å². The average Bonchev–Trinajstić information content (AvgIpc) is 2.74. The van der Waals surface area contributed by atoms with E-state index in [9.17, 15) is 13.6 Å². The van der Waals surface area contributed by atoms with Crippen LogP contribution in [0.4, 0.5) is 8.78 Å². The van der Waals surface area contributed by atoms with E-state index in [4.69, 9.17) is 21.1 Å². The Morgan fingerprint density at radius 2 is 2.20 bits per heavy atom. The summed E-state index contributed by atoms with van der Waals surface area (Å²) in [6.45, 7) is -0.650. The van der Waals surface area contributed by atoms with Crippen molar-refractivity contribution in [3.63, 3.8) is 0 Å². The Balaban J connectivity index is 2.25. The normalized spacial score (nSPS) is 11.8. The summed E-state index contributed by atoms with van der Waals surface area (Å²) in [5, 5.41) is 11.6. The molecule has 4 nitrogen and oxygen atoms in total. The smallest absolute Gasteiger partial charge is 0.287 e. The van der Waals surface area contributed by atoms with Gasteiger partial charge in [-0.2, -0.15) is 0 Å². The van der Waals surface area contributed by atoms with Crippen molar-refractivity contribution in [3.8, 4) is 0 Å². The highest BCUT2D eigenvalue weighted by atomic mass is 35.5. The van der Waals surface area contributed by atoms with Crippen molar-refractivity contribution in [2.75, 3.05) is 13.2 Å². The van der Waals surface area contributed by atoms with Crippen LogP contribution in [0.15, 0.2) is 22.6 Å². The molecule has 0 aliphatic rings. The number of hydrogen-bond acceptors (Lipinski definition) is 3. The predicted molar refractivity (Wildman–Crippen MR) is 70.3 cm³/mol. The first kappa shape index (κ1) is 14.7. The third-order valence-electron chi connectivity index (χ3n) is 2.84. The lowest BCUT2D eigenvalue weighted by Gasteiger charge is -2.13. The van der Waals surface area contributed by atoms with Gasteiger partial charge in [0, 0.05) is 16.0 Å². The molecule has 1 aromatic heterocycles. The van der Waals surface area contributed by atoms with Gasteiger partial charge < -0.3 is 14.8 Å². The number of halogens is 3. The fraction of sp³-hybridized carbons (Fsp3) is 0.308. The number of hydrogen-bond donors (Lipinski definition) is 2. The number of furan rings is 1. The van der Waals surface area contributed by atoms with Crippen molar-refractivity contribution < 1.29 is 23.1 Å². The van der Waals surface area contributed by atoms with E-state index in [2.05, 4.69) is 0 Å². The van der Waals surface area contributed by atoms with E-state index in [-0.39, 0.29) is 5.76 Å². The molecule has 108 valence electrons. The highest BCUT2D eigenvalue weighted by Gasteiger charge is 2.29. The number of rotatable bonds is 4. The Morgan fingerprint density at radius 1 is 1.50 bits per heavy atom. The number of alkyl halides is 2. The standard InChI is InChI=1S/C13H12ClF2NO3/c1-7-9-4-8(14)2-3-10(9)20-11(7)12(19)17-5-13(15,16)6-18/h2-4,18H,5-6H2,1H3,(H,17,19). The van der Waals surface area contributed by atoms with Crippen LogP contribution in [0.5, 0.6) is 0 Å². The van der Waals surface area contributed by atoms with Gasteiger partial charge in [0.1, 0.15) is 12.2 Å². The van der Waals surface area contributed by atoms with Crippen LogP contribution in [-0.2, 0) is 0 Å². The van der Waals surface area contributed by atoms with E-state index in [0.29, 0.717) is 21.6 Å². The van der Waals surface area contributed by atoms with E-state index in [1.54, 1.807) is 25.1 Å². The summed E-state index contributed by atoms with van der Waals surface area (Å²) in [5.74, 6) is -4.17. The van der Waals surface area contributed by atoms with E-state index < -0.39 is 25.0 Å². The third-order valence-corrected chi connectivity index (χ3v) is 3.08. The molecule has 2 N–H and O–H groups in total. The van der Waals surface area contributed by atoms with Crippen LogP contribution in [0.3, 0.4) is 0 Å². The molecule has 1 heterocycles. The Labute approximate surface area is 118 Å². The second kappa shape index (κ2) is 5.38. The fourth-order valence-corrected chi connectivity index (χ4v) is 1.93. The van der Waals surface area contributed by atoms with Gasteiger partial charge in [0.25, 0.3) is 11.8 Å². The monoisotopic (exact) mass is 303 g/mol. The number of nitrogens with one attached hydrogen (secondary N) is 1. The summed E-state index contributed by atoms with van der Waals surface area (Å²) in [7, 11) is 0. The van der Waals surface area contributed by atoms with Crippen LogP contribution >= 0.6 is 11.6 Å². The Bertz CT molecular complexity index is 654. The van der Waals surface area contributed by atoms with Crippen LogP contribution in [0.25, 0.3) is 11.0 Å². The first-order valence-corrected chi connectivity index (χ1v) is 6.17. The first-order chi connectivity index (χ1) is 9.34. The molecule has 2 rings (SSSR count). The molecule has 1 aromatic carbocycles. The number of benzene rings is 1. The van der Waals surface area contributed by atoms with Gasteiger partial charge in [-0.05, 0) is 25.1 Å². The van der Waals surface area contributed by atoms with Crippen molar-refractivity contribution >= 4 is 28.5 Å². The summed E-state index contributed by atoms with van der Waals surface area (Å²) in [6, 6.07) is 4.84. The fourth-order valence-electron chi connectivity index (χ4n) is 1.76. The highest BCUT2D eigenvalue weighted by Crippen LogP contribution is 2.27. The number of aliphatic hydroxyl groups excluding tert-OH is 1. The van der Waals surface area contributed by atoms with Crippen LogP contribution < -0.4 is 5.32 Å². The van der Waals surface area contributed by atoms with E-state index >= 15 is 0 Å². The molecule has 0 fully saturated rings. The van der Waals surface area contributed by atoms with E-state index in [1.807, 2.05) is 5.32 Å². The topological polar surface area (TPSA) is 62.5 Å². The van der Waals surface area contributed by atoms with Gasteiger partial charge in [-0.15, -0.1) is 0 Å². The molecule has 0 spiro atoms. The van der Waals surface area contributed by atoms with Crippen LogP contribution in [0, 0.1) is 6.92 Å². The summed E-state index contributed by atoms with van der Waals surface area (Å²) in [5.41, 5.74) is 0.971. The largest absolute Gasteiger partial charge is 0.451 e. The van der Waals surface area contributed by atoms with Gasteiger partial charge in [-0.25, -0.2) is 8.78 Å². The molecular formula is C13H12ClF2NO3. The van der Waals surface area contributed by atoms with Crippen molar-refractivity contribution in [1.82, 2.24) is 5.32 Å². The van der Waals surface area contributed by atoms with Gasteiger partial charge in [0.05, 0.1) is 6.54 Å². The van der Waals surface area contributed by atoms with E-state index in [0.717, 1.165) is 0 Å². The molecular weight excluding hydrogens is 292 g/mol. The zero-order valence-electron chi connectivity index (χ0n) is 10.5. The van der Waals surface area contributed by atoms with Crippen LogP contribution in [0.1, 0.15) is 16.1 Å². The Hall–Kier alpha value is -1.66. The van der Waals surface area contributed by atoms with Crippen LogP contribution in [0.2, 0.25) is 5.02 Å². The van der Waals surface area contributed by atoms with Crippen molar-refractivity contribution in [1.29, 1.82) is 0 Å². The van der Waals surface area contributed by atoms with E-state index in [1.165, 1.54) is 0 Å². The quantitative estimate of drug-likeness (QED) is 0.913. The minimum Gasteiger partial charge on any atom is -0.451 e. The zero-order chi connectivity index (χ0) is 14.9. The lowest BCUT2D eigenvalue weighted by atomic mass is 10.1. The lowest BCUT2D eigenvalue weighted by molar-refractivity contribution is -0.0463. The van der Waals surface area contributed by atoms with Crippen molar-refractivity contribution in [2.24, 2.45) is 0 Å². The molecule has 1 amide bonds. The predicted octanol–water partition coefficient (Wildman–Crippen LogP) is 2.75. The molecule has 0 saturated heterocycles. The molecule has 2 aromatic rings. The maximum atomic E-state index is 12.9. The molecule has 0 bridgehead atoms. The summed E-state index contributed by atoms with van der Waals surface area (Å²) in [4.78, 5) is 11.8. The van der Waals surface area contributed by atoms with Gasteiger partial charge >= 0.3 is 0 Å². The van der Waals surface area contributed by atoms with Crippen LogP contribution in [-0.4, -0.2) is 30.1 Å². The molecule has 0 atom stereocenters. The second-order valence-electron chi connectivity index (χ2n) is 4.39. The summed E-state index contributed by atoms with van der Waals surface area (Å²) >= 11 is 5.85. The van der Waals surface area contributed by atoms with Gasteiger partial charge in [0.2, 0.25) is 0 Å². The maximum absolute atomic E-state index is 12.9. The second-order valence-corrected chi connectivity index (χ2v) is 4.83. The summed E-state index contributed by atoms with van der Waals surface area (Å²) in [6.07, 6.45) is 0. The molecule has 0 radical (unpaired) electrons. The molecule has 0 unspecified atom stereocenters. The van der Waals surface area contributed by atoms with Gasteiger partial charge in [0.15, 0.2) is 5.76 Å². The molecule has 20 heavy (non-hydrogen) atoms. The first-order valence-electron chi connectivity index (χ1n) is 5.79. The minimum atomic E-state index is -3.36. The number of fused-ring (bicyclic) bond motifs is 1. The number of aliphatic hydroxyl groups is 1. The van der Waals surface area contributed by atoms with Crippen molar-refractivity contribution in [2.45, 2.75) is 12.8 Å². The maximum Gasteiger partial charge on any atom is 0.287 e. The molecule has 0 saturated carbocycles. The Kier molecular flexibility index (Phi) is 3.96. The van der Waals surface area contributed by atoms with Crippen molar-refractivity contribution in [3.05, 3.63) is 34.5 Å². The average molecular weight is 304 g/mol. The third kappa shape index (κ3) is 2.91. The minimum absolute atomic E-state index is 0.0454.